The maximum Gasteiger partial charge on any atom is 0.337 e. The molecule has 1 aliphatic rings. The van der Waals surface area contributed by atoms with Crippen molar-refractivity contribution < 1.29 is 38.0 Å². The molecule has 0 radical (unpaired) electrons. The summed E-state index contributed by atoms with van der Waals surface area (Å²) in [6, 6.07) is 13.4. The summed E-state index contributed by atoms with van der Waals surface area (Å²) in [6.07, 6.45) is 0.288. The lowest BCUT2D eigenvalue weighted by atomic mass is 9.95. The molecule has 0 spiro atoms. The Morgan fingerprint density at radius 3 is 2.58 bits per heavy atom. The average molecular weight is 750 g/mol. The summed E-state index contributed by atoms with van der Waals surface area (Å²) in [5.74, 6) is 0.274. The highest BCUT2D eigenvalue weighted by atomic mass is 79.9. The highest BCUT2D eigenvalue weighted by Crippen LogP contribution is 2.35. The van der Waals surface area contributed by atoms with Gasteiger partial charge in [0.1, 0.15) is 24.8 Å². The second-order valence-electron chi connectivity index (χ2n) is 9.64. The number of nitrogens with zero attached hydrogens (tertiary/aromatic N) is 1. The van der Waals surface area contributed by atoms with Gasteiger partial charge in [0, 0.05) is 15.7 Å². The summed E-state index contributed by atoms with van der Waals surface area (Å²) in [4.78, 5) is 24.6. The molecule has 14 heteroatoms. The largest absolute Gasteiger partial charge is 0.490 e. The molecule has 1 aliphatic heterocycles. The second kappa shape index (κ2) is 15.7. The number of carbonyl (C=O) groups excluding carboxylic acids is 2. The van der Waals surface area contributed by atoms with Gasteiger partial charge in [0.15, 0.2) is 17.7 Å². The van der Waals surface area contributed by atoms with Gasteiger partial charge in [-0.1, -0.05) is 34.1 Å². The van der Waals surface area contributed by atoms with Gasteiger partial charge in [-0.25, -0.2) is 14.0 Å². The molecule has 0 aliphatic carbocycles. The molecule has 0 saturated carbocycles. The van der Waals surface area contributed by atoms with Gasteiger partial charge in [-0.05, 0) is 77.3 Å². The van der Waals surface area contributed by atoms with E-state index in [4.69, 9.17) is 18.9 Å². The number of benzene rings is 3. The number of aliphatic hydroxyl groups excluding tert-OH is 1. The number of hydrogen-bond donors (Lipinski definition) is 4. The molecule has 4 rings (SSSR count). The predicted octanol–water partition coefficient (Wildman–Crippen LogP) is 5.45. The zero-order valence-electron chi connectivity index (χ0n) is 24.5. The molecule has 0 saturated heterocycles. The normalized spacial score (nSPS) is 15.3. The van der Waals surface area contributed by atoms with Crippen LogP contribution in [-0.4, -0.2) is 49.9 Å². The van der Waals surface area contributed by atoms with E-state index in [1.54, 1.807) is 50.2 Å². The number of aliphatic hydroxyl groups is 1. The van der Waals surface area contributed by atoms with Gasteiger partial charge >= 0.3 is 12.0 Å². The number of amides is 2. The molecular formula is C31H31Br2FN4O7. The van der Waals surface area contributed by atoms with Crippen LogP contribution in [0.4, 0.5) is 9.18 Å². The van der Waals surface area contributed by atoms with Crippen LogP contribution >= 0.6 is 31.9 Å². The third-order valence-corrected chi connectivity index (χ3v) is 7.48. The molecule has 0 fully saturated rings. The molecular weight excluding hydrogens is 719 g/mol. The van der Waals surface area contributed by atoms with E-state index < -0.39 is 24.3 Å². The first-order valence-corrected chi connectivity index (χ1v) is 15.3. The number of carbonyl (C=O) groups is 2. The number of halogens is 3. The van der Waals surface area contributed by atoms with E-state index in [1.165, 1.54) is 25.5 Å². The minimum atomic E-state index is -1.20. The van der Waals surface area contributed by atoms with Crippen LogP contribution in [-0.2, 0) is 16.1 Å². The Morgan fingerprint density at radius 1 is 1.11 bits per heavy atom. The Morgan fingerprint density at radius 2 is 1.87 bits per heavy atom. The zero-order chi connectivity index (χ0) is 32.5. The fourth-order valence-electron chi connectivity index (χ4n) is 4.38. The Hall–Kier alpha value is -4.14. The van der Waals surface area contributed by atoms with Crippen molar-refractivity contribution in [3.05, 3.63) is 97.3 Å². The third-order valence-electron chi connectivity index (χ3n) is 6.43. The first-order chi connectivity index (χ1) is 21.6. The molecule has 1 heterocycles. The fraction of sp³-hybridized carbons (Fsp3) is 0.258. The van der Waals surface area contributed by atoms with Gasteiger partial charge in [0.25, 0.3) is 0 Å². The first-order valence-electron chi connectivity index (χ1n) is 13.7. The van der Waals surface area contributed by atoms with E-state index in [2.05, 4.69) is 53.0 Å². The SMILES string of the molecule is CCOc1cc([C@@H]2NC(=O)NC(C)=C2C(=O)OC)ccc1OC[C@@H](O)N/N=C/c1cc(Br)cc(Br)c1OCc1ccc(F)cc1. The van der Waals surface area contributed by atoms with Gasteiger partial charge in [0.05, 0.1) is 36.0 Å². The lowest BCUT2D eigenvalue weighted by Gasteiger charge is -2.28. The lowest BCUT2D eigenvalue weighted by Crippen LogP contribution is -2.45. The number of hydrazone groups is 1. The number of allylic oxidation sites excluding steroid dienone is 1. The smallest absolute Gasteiger partial charge is 0.337 e. The van der Waals surface area contributed by atoms with E-state index >= 15 is 0 Å². The Bertz CT molecular complexity index is 1600. The standard InChI is InChI=1S/C31H31Br2FN4O7/c1-4-43-25-12-19(28-27(30(40)42-3)17(2)36-31(41)37-28)7-10-24(25)44-16-26(39)38-35-14-20-11-21(32)13-23(33)29(20)45-15-18-5-8-22(34)9-6-18/h5-14,26,28,38-39H,4,15-16H2,1-3H3,(H2,36,37,41)/b35-14+/t26-,28+/m1/s1. The average Bonchev–Trinajstić information content (AvgIpc) is 3.00. The number of esters is 1. The number of ether oxygens (including phenoxy) is 4. The van der Waals surface area contributed by atoms with Crippen LogP contribution in [0.2, 0.25) is 0 Å². The number of hydrogen-bond acceptors (Lipinski definition) is 9. The second-order valence-corrected chi connectivity index (χ2v) is 11.4. The van der Waals surface area contributed by atoms with Crippen molar-refractivity contribution in [2.24, 2.45) is 5.10 Å². The van der Waals surface area contributed by atoms with Crippen molar-refractivity contribution in [1.29, 1.82) is 0 Å². The summed E-state index contributed by atoms with van der Waals surface area (Å²) < 4.78 is 37.1. The zero-order valence-corrected chi connectivity index (χ0v) is 27.7. The first kappa shape index (κ1) is 33.7. The maximum atomic E-state index is 13.2. The molecule has 2 atom stereocenters. The fourth-order valence-corrected chi connectivity index (χ4v) is 5.75. The minimum absolute atomic E-state index is 0.191. The Labute approximate surface area is 276 Å². The Kier molecular flexibility index (Phi) is 11.8. The number of rotatable bonds is 13. The third kappa shape index (κ3) is 8.96. The number of methoxy groups -OCH3 is 1. The molecule has 0 bridgehead atoms. The molecule has 3 aromatic carbocycles. The van der Waals surface area contributed by atoms with E-state index in [-0.39, 0.29) is 24.6 Å². The van der Waals surface area contributed by atoms with Crippen molar-refractivity contribution in [2.75, 3.05) is 20.3 Å². The summed E-state index contributed by atoms with van der Waals surface area (Å²) in [7, 11) is 1.27. The van der Waals surface area contributed by atoms with Gasteiger partial charge in [-0.3, -0.25) is 5.43 Å². The van der Waals surface area contributed by atoms with Crippen LogP contribution in [0.25, 0.3) is 0 Å². The van der Waals surface area contributed by atoms with E-state index in [9.17, 15) is 19.1 Å². The van der Waals surface area contributed by atoms with Crippen molar-refractivity contribution in [3.8, 4) is 17.2 Å². The molecule has 2 amide bonds. The van der Waals surface area contributed by atoms with Crippen LogP contribution in [0.15, 0.2) is 79.9 Å². The molecule has 3 aromatic rings. The van der Waals surface area contributed by atoms with Crippen LogP contribution in [0.5, 0.6) is 17.2 Å². The van der Waals surface area contributed by atoms with Crippen molar-refractivity contribution >= 4 is 50.1 Å². The van der Waals surface area contributed by atoms with E-state index in [0.29, 0.717) is 45.2 Å². The highest BCUT2D eigenvalue weighted by Gasteiger charge is 2.32. The van der Waals surface area contributed by atoms with Crippen LogP contribution in [0, 0.1) is 5.82 Å². The molecule has 0 aromatic heterocycles. The van der Waals surface area contributed by atoms with Gasteiger partial charge in [0.2, 0.25) is 0 Å². The van der Waals surface area contributed by atoms with Gasteiger partial charge in [-0.15, -0.1) is 0 Å². The van der Waals surface area contributed by atoms with Crippen molar-refractivity contribution in [2.45, 2.75) is 32.7 Å². The highest BCUT2D eigenvalue weighted by molar-refractivity contribution is 9.11. The number of nitrogens with one attached hydrogen (secondary N) is 3. The van der Waals surface area contributed by atoms with Gasteiger partial charge < -0.3 is 34.7 Å². The van der Waals surface area contributed by atoms with Gasteiger partial charge in [-0.2, -0.15) is 5.10 Å². The van der Waals surface area contributed by atoms with Crippen LogP contribution in [0.1, 0.15) is 36.6 Å². The summed E-state index contributed by atoms with van der Waals surface area (Å²) in [6.45, 7) is 3.75. The molecule has 4 N–H and O–H groups in total. The minimum Gasteiger partial charge on any atom is -0.490 e. The maximum absolute atomic E-state index is 13.2. The molecule has 11 nitrogen and oxygen atoms in total. The predicted molar refractivity (Wildman–Crippen MR) is 172 cm³/mol. The monoisotopic (exact) mass is 748 g/mol. The van der Waals surface area contributed by atoms with E-state index in [0.717, 1.165) is 10.0 Å². The molecule has 238 valence electrons. The quantitative estimate of drug-likeness (QED) is 0.0784. The Balaban J connectivity index is 1.42. The van der Waals surface area contributed by atoms with Crippen LogP contribution in [0.3, 0.4) is 0 Å². The van der Waals surface area contributed by atoms with Crippen molar-refractivity contribution in [1.82, 2.24) is 16.1 Å². The van der Waals surface area contributed by atoms with E-state index in [1.807, 2.05) is 6.07 Å². The van der Waals surface area contributed by atoms with Crippen molar-refractivity contribution in [3.63, 3.8) is 0 Å². The number of urea groups is 1. The lowest BCUT2D eigenvalue weighted by molar-refractivity contribution is -0.136. The summed E-state index contributed by atoms with van der Waals surface area (Å²) in [5.41, 5.74) is 5.22. The summed E-state index contributed by atoms with van der Waals surface area (Å²) in [5, 5.41) is 20.0. The molecule has 45 heavy (non-hydrogen) atoms. The molecule has 0 unspecified atom stereocenters. The van der Waals surface area contributed by atoms with Crippen LogP contribution < -0.4 is 30.3 Å². The summed E-state index contributed by atoms with van der Waals surface area (Å²) >= 11 is 6.95. The topological polar surface area (TPSA) is 140 Å².